The number of hydrogen-bond acceptors (Lipinski definition) is 5. The fourth-order valence-corrected chi connectivity index (χ4v) is 3.49. The number of aromatic nitrogens is 1. The molecule has 0 spiro atoms. The smallest absolute Gasteiger partial charge is 0.201 e. The Bertz CT molecular complexity index is 921. The van der Waals surface area contributed by atoms with Crippen LogP contribution in [-0.4, -0.2) is 10.1 Å². The molecule has 3 aromatic rings. The molecular weight excluding hydrogens is 286 g/mol. The normalized spacial score (nSPS) is 11.2. The predicted molar refractivity (Wildman–Crippen MR) is 84.2 cm³/mol. The Morgan fingerprint density at radius 1 is 1.19 bits per heavy atom. The number of aromatic hydroxyl groups is 1. The molecule has 0 aliphatic heterocycles. The maximum absolute atomic E-state index is 12.8. The van der Waals surface area contributed by atoms with E-state index in [9.17, 15) is 9.90 Å². The van der Waals surface area contributed by atoms with Crippen molar-refractivity contribution in [1.82, 2.24) is 4.98 Å². The summed E-state index contributed by atoms with van der Waals surface area (Å²) in [7, 11) is 0. The molecule has 0 unspecified atom stereocenters. The van der Waals surface area contributed by atoms with Gasteiger partial charge in [0.25, 0.3) is 0 Å². The van der Waals surface area contributed by atoms with E-state index in [1.54, 1.807) is 19.9 Å². The summed E-state index contributed by atoms with van der Waals surface area (Å²) in [5.41, 5.74) is 2.38. The molecule has 2 aromatic heterocycles. The summed E-state index contributed by atoms with van der Waals surface area (Å²) in [4.78, 5) is 18.0. The van der Waals surface area contributed by atoms with Gasteiger partial charge < -0.3 is 9.52 Å². The number of rotatable bonds is 1. The van der Waals surface area contributed by atoms with Crippen LogP contribution in [0.3, 0.4) is 0 Å². The summed E-state index contributed by atoms with van der Waals surface area (Å²) < 4.78 is 5.75. The van der Waals surface area contributed by atoms with Crippen LogP contribution in [0.25, 0.3) is 21.4 Å². The van der Waals surface area contributed by atoms with Gasteiger partial charge in [0.05, 0.1) is 26.5 Å². The van der Waals surface area contributed by atoms with E-state index in [4.69, 9.17) is 4.42 Å². The number of thiazole rings is 1. The lowest BCUT2D eigenvalue weighted by Crippen LogP contribution is -2.07. The SMILES string of the molecule is Cc1nc(C)c(-c2c(C)oc3cc(O)c(C)cc3c2=O)s1. The van der Waals surface area contributed by atoms with Crippen LogP contribution in [0, 0.1) is 27.7 Å². The lowest BCUT2D eigenvalue weighted by molar-refractivity contribution is 0.469. The summed E-state index contributed by atoms with van der Waals surface area (Å²) in [6, 6.07) is 3.16. The highest BCUT2D eigenvalue weighted by Gasteiger charge is 2.18. The van der Waals surface area contributed by atoms with E-state index >= 15 is 0 Å². The topological polar surface area (TPSA) is 63.3 Å². The van der Waals surface area contributed by atoms with Crippen molar-refractivity contribution in [3.63, 3.8) is 0 Å². The third-order valence-corrected chi connectivity index (χ3v) is 4.61. The van der Waals surface area contributed by atoms with E-state index in [2.05, 4.69) is 4.98 Å². The highest BCUT2D eigenvalue weighted by Crippen LogP contribution is 2.32. The summed E-state index contributed by atoms with van der Waals surface area (Å²) >= 11 is 1.49. The summed E-state index contributed by atoms with van der Waals surface area (Å²) in [6.07, 6.45) is 0. The Hall–Kier alpha value is -2.14. The summed E-state index contributed by atoms with van der Waals surface area (Å²) in [5.74, 6) is 0.671. The summed E-state index contributed by atoms with van der Waals surface area (Å²) in [6.45, 7) is 7.34. The van der Waals surface area contributed by atoms with Gasteiger partial charge in [0.2, 0.25) is 5.43 Å². The Labute approximate surface area is 125 Å². The predicted octanol–water partition coefficient (Wildman–Crippen LogP) is 3.86. The van der Waals surface area contributed by atoms with Crippen LogP contribution in [0.2, 0.25) is 0 Å². The van der Waals surface area contributed by atoms with Crippen molar-refractivity contribution in [2.24, 2.45) is 0 Å². The number of fused-ring (bicyclic) bond motifs is 1. The number of phenols is 1. The fraction of sp³-hybridized carbons (Fsp3) is 0.250. The van der Waals surface area contributed by atoms with Gasteiger partial charge >= 0.3 is 0 Å². The van der Waals surface area contributed by atoms with Gasteiger partial charge in [-0.1, -0.05) is 0 Å². The summed E-state index contributed by atoms with van der Waals surface area (Å²) in [5, 5.41) is 11.2. The van der Waals surface area contributed by atoms with E-state index < -0.39 is 0 Å². The molecule has 1 aromatic carbocycles. The highest BCUT2D eigenvalue weighted by atomic mass is 32.1. The monoisotopic (exact) mass is 301 g/mol. The molecule has 2 heterocycles. The zero-order chi connectivity index (χ0) is 15.3. The molecular formula is C16H15NO3S. The fourth-order valence-electron chi connectivity index (χ4n) is 2.48. The lowest BCUT2D eigenvalue weighted by Gasteiger charge is -2.07. The van der Waals surface area contributed by atoms with E-state index in [-0.39, 0.29) is 11.2 Å². The Morgan fingerprint density at radius 2 is 1.90 bits per heavy atom. The number of phenolic OH excluding ortho intramolecular Hbond substituents is 1. The minimum atomic E-state index is -0.0800. The first-order valence-corrected chi connectivity index (χ1v) is 7.41. The van der Waals surface area contributed by atoms with Gasteiger partial charge in [-0.05, 0) is 39.3 Å². The van der Waals surface area contributed by atoms with Crippen molar-refractivity contribution < 1.29 is 9.52 Å². The number of nitrogens with zero attached hydrogens (tertiary/aromatic N) is 1. The maximum Gasteiger partial charge on any atom is 0.201 e. The van der Waals surface area contributed by atoms with Gasteiger partial charge in [0.1, 0.15) is 17.1 Å². The maximum atomic E-state index is 12.8. The second-order valence-corrected chi connectivity index (χ2v) is 6.35. The van der Waals surface area contributed by atoms with Gasteiger partial charge in [-0.2, -0.15) is 0 Å². The lowest BCUT2D eigenvalue weighted by atomic mass is 10.1. The molecule has 0 bridgehead atoms. The first-order chi connectivity index (χ1) is 9.88. The Balaban J connectivity index is 2.42. The molecule has 108 valence electrons. The second kappa shape index (κ2) is 4.70. The van der Waals surface area contributed by atoms with Gasteiger partial charge in [-0.25, -0.2) is 4.98 Å². The molecule has 21 heavy (non-hydrogen) atoms. The van der Waals surface area contributed by atoms with Crippen molar-refractivity contribution >= 4 is 22.3 Å². The van der Waals surface area contributed by atoms with Gasteiger partial charge in [-0.15, -0.1) is 11.3 Å². The van der Waals surface area contributed by atoms with Crippen molar-refractivity contribution in [2.75, 3.05) is 0 Å². The number of aryl methyl sites for hydroxylation is 4. The van der Waals surface area contributed by atoms with Crippen LogP contribution in [0.15, 0.2) is 21.3 Å². The molecule has 4 nitrogen and oxygen atoms in total. The molecule has 0 saturated heterocycles. The zero-order valence-corrected chi connectivity index (χ0v) is 13.1. The van der Waals surface area contributed by atoms with E-state index in [0.29, 0.717) is 27.9 Å². The molecule has 0 fully saturated rings. The third-order valence-electron chi connectivity index (χ3n) is 3.52. The number of hydrogen-bond donors (Lipinski definition) is 1. The van der Waals surface area contributed by atoms with Gasteiger partial charge in [0.15, 0.2) is 0 Å². The molecule has 3 rings (SSSR count). The minimum absolute atomic E-state index is 0.0800. The van der Waals surface area contributed by atoms with Gasteiger partial charge in [0, 0.05) is 6.07 Å². The minimum Gasteiger partial charge on any atom is -0.508 e. The van der Waals surface area contributed by atoms with E-state index in [1.807, 2.05) is 13.8 Å². The van der Waals surface area contributed by atoms with Gasteiger partial charge in [-0.3, -0.25) is 4.79 Å². The molecule has 0 aliphatic carbocycles. The largest absolute Gasteiger partial charge is 0.508 e. The van der Waals surface area contributed by atoms with Crippen LogP contribution in [0.5, 0.6) is 5.75 Å². The first-order valence-electron chi connectivity index (χ1n) is 6.60. The van der Waals surface area contributed by atoms with Crippen molar-refractivity contribution in [2.45, 2.75) is 27.7 Å². The third kappa shape index (κ3) is 2.14. The van der Waals surface area contributed by atoms with Crippen molar-refractivity contribution in [3.05, 3.63) is 44.4 Å². The average Bonchev–Trinajstić information content (AvgIpc) is 2.71. The van der Waals surface area contributed by atoms with Crippen LogP contribution in [0.4, 0.5) is 0 Å². The molecule has 0 amide bonds. The zero-order valence-electron chi connectivity index (χ0n) is 12.3. The Kier molecular flexibility index (Phi) is 3.10. The molecule has 0 saturated carbocycles. The van der Waals surface area contributed by atoms with Crippen LogP contribution < -0.4 is 5.43 Å². The molecule has 5 heteroatoms. The quantitative estimate of drug-likeness (QED) is 0.741. The van der Waals surface area contributed by atoms with Crippen LogP contribution in [0.1, 0.15) is 22.0 Å². The number of benzene rings is 1. The Morgan fingerprint density at radius 3 is 2.52 bits per heavy atom. The van der Waals surface area contributed by atoms with Crippen molar-refractivity contribution in [1.29, 1.82) is 0 Å². The van der Waals surface area contributed by atoms with E-state index in [0.717, 1.165) is 15.6 Å². The highest BCUT2D eigenvalue weighted by molar-refractivity contribution is 7.15. The second-order valence-electron chi connectivity index (χ2n) is 5.14. The standard InChI is InChI=1S/C16H15NO3S/c1-7-5-11-13(6-12(7)18)20-9(3)14(15(11)19)16-8(2)17-10(4)21-16/h5-6,18H,1-4H3. The first kappa shape index (κ1) is 13.8. The van der Waals surface area contributed by atoms with Crippen LogP contribution >= 0.6 is 11.3 Å². The van der Waals surface area contributed by atoms with Crippen molar-refractivity contribution in [3.8, 4) is 16.2 Å². The average molecular weight is 301 g/mol. The molecule has 0 radical (unpaired) electrons. The van der Waals surface area contributed by atoms with Crippen LogP contribution in [-0.2, 0) is 0 Å². The molecule has 0 atom stereocenters. The van der Waals surface area contributed by atoms with E-state index in [1.165, 1.54) is 17.4 Å². The molecule has 0 aliphatic rings. The molecule has 1 N–H and O–H groups in total.